The maximum Gasteiger partial charge on any atom is 0.262 e. The van der Waals surface area contributed by atoms with Crippen molar-refractivity contribution in [1.82, 2.24) is 0 Å². The molecular weight excluding hydrogens is 414 g/mol. The third kappa shape index (κ3) is 4.74. The molecule has 0 aliphatic heterocycles. The number of anilines is 1. The lowest BCUT2D eigenvalue weighted by atomic mass is 10.3. The number of halogens is 2. The molecule has 1 N–H and O–H groups in total. The average Bonchev–Trinajstić information content (AvgIpc) is 2.50. The number of benzene rings is 2. The molecule has 0 atom stereocenters. The van der Waals surface area contributed by atoms with E-state index in [1.54, 1.807) is 6.07 Å². The lowest BCUT2D eigenvalue weighted by Crippen LogP contribution is -2.20. The molecule has 0 unspecified atom stereocenters. The van der Waals surface area contributed by atoms with Crippen molar-refractivity contribution in [2.45, 2.75) is 6.92 Å². The maximum absolute atomic E-state index is 12.0. The molecule has 2 rings (SSSR count). The van der Waals surface area contributed by atoms with Gasteiger partial charge in [0.25, 0.3) is 5.91 Å². The van der Waals surface area contributed by atoms with Crippen LogP contribution in [0.2, 0.25) is 0 Å². The summed E-state index contributed by atoms with van der Waals surface area (Å²) in [5.74, 6) is 0.930. The van der Waals surface area contributed by atoms with Crippen LogP contribution in [-0.2, 0) is 4.79 Å². The molecular formula is C16H15Br2NO3. The highest BCUT2D eigenvalue weighted by atomic mass is 79.9. The van der Waals surface area contributed by atoms with Gasteiger partial charge in [-0.25, -0.2) is 0 Å². The third-order valence-corrected chi connectivity index (χ3v) is 3.90. The molecule has 116 valence electrons. The number of ether oxygens (including phenoxy) is 2. The van der Waals surface area contributed by atoms with Crippen LogP contribution in [0.25, 0.3) is 0 Å². The van der Waals surface area contributed by atoms with Crippen molar-refractivity contribution in [3.05, 3.63) is 51.4 Å². The molecule has 0 saturated carbocycles. The van der Waals surface area contributed by atoms with Crippen LogP contribution in [0.5, 0.6) is 11.5 Å². The lowest BCUT2D eigenvalue weighted by Gasteiger charge is -2.12. The first-order chi connectivity index (χ1) is 10.6. The van der Waals surface area contributed by atoms with Gasteiger partial charge in [-0.05, 0) is 53.2 Å². The van der Waals surface area contributed by atoms with Gasteiger partial charge in [-0.2, -0.15) is 0 Å². The van der Waals surface area contributed by atoms with Crippen molar-refractivity contribution >= 4 is 43.5 Å². The number of hydrogen-bond acceptors (Lipinski definition) is 3. The molecule has 0 saturated heterocycles. The molecule has 1 amide bonds. The average molecular weight is 429 g/mol. The number of para-hydroxylation sites is 2. The summed E-state index contributed by atoms with van der Waals surface area (Å²) in [6, 6.07) is 12.8. The van der Waals surface area contributed by atoms with Gasteiger partial charge in [0, 0.05) is 8.95 Å². The summed E-state index contributed by atoms with van der Waals surface area (Å²) in [7, 11) is 0. The molecule has 4 nitrogen and oxygen atoms in total. The van der Waals surface area contributed by atoms with Crippen molar-refractivity contribution in [3.8, 4) is 11.5 Å². The number of rotatable bonds is 6. The fourth-order valence-electron chi connectivity index (χ4n) is 1.77. The van der Waals surface area contributed by atoms with Gasteiger partial charge in [0.1, 0.15) is 0 Å². The molecule has 2 aromatic rings. The zero-order valence-electron chi connectivity index (χ0n) is 11.9. The van der Waals surface area contributed by atoms with Crippen LogP contribution < -0.4 is 14.8 Å². The fraction of sp³-hybridized carbons (Fsp3) is 0.188. The van der Waals surface area contributed by atoms with Gasteiger partial charge >= 0.3 is 0 Å². The van der Waals surface area contributed by atoms with Gasteiger partial charge in [-0.1, -0.05) is 28.1 Å². The Hall–Kier alpha value is -1.53. The van der Waals surface area contributed by atoms with Crippen LogP contribution in [0, 0.1) is 0 Å². The molecule has 22 heavy (non-hydrogen) atoms. The minimum Gasteiger partial charge on any atom is -0.490 e. The highest BCUT2D eigenvalue weighted by Crippen LogP contribution is 2.27. The van der Waals surface area contributed by atoms with E-state index in [2.05, 4.69) is 37.2 Å². The first-order valence-corrected chi connectivity index (χ1v) is 8.28. The predicted octanol–water partition coefficient (Wildman–Crippen LogP) is 4.63. The Labute approximate surface area is 146 Å². The zero-order valence-corrected chi connectivity index (χ0v) is 15.1. The molecule has 6 heteroatoms. The van der Waals surface area contributed by atoms with Crippen LogP contribution in [0.3, 0.4) is 0 Å². The van der Waals surface area contributed by atoms with E-state index in [-0.39, 0.29) is 12.5 Å². The maximum atomic E-state index is 12.0. The minimum atomic E-state index is -0.245. The number of hydrogen-bond donors (Lipinski definition) is 1. The van der Waals surface area contributed by atoms with Gasteiger partial charge in [-0.3, -0.25) is 4.79 Å². The molecule has 0 heterocycles. The topological polar surface area (TPSA) is 47.6 Å². The summed E-state index contributed by atoms with van der Waals surface area (Å²) < 4.78 is 12.7. The van der Waals surface area contributed by atoms with E-state index < -0.39 is 0 Å². The van der Waals surface area contributed by atoms with Crippen LogP contribution in [0.4, 0.5) is 5.69 Å². The number of carbonyl (C=O) groups is 1. The quantitative estimate of drug-likeness (QED) is 0.729. The van der Waals surface area contributed by atoms with E-state index in [1.165, 1.54) is 0 Å². The molecule has 0 aliphatic rings. The van der Waals surface area contributed by atoms with Crippen molar-refractivity contribution in [1.29, 1.82) is 0 Å². The molecule has 2 aromatic carbocycles. The highest BCUT2D eigenvalue weighted by molar-refractivity contribution is 9.11. The van der Waals surface area contributed by atoms with Crippen LogP contribution in [-0.4, -0.2) is 19.1 Å². The largest absolute Gasteiger partial charge is 0.490 e. The number of nitrogens with one attached hydrogen (secondary N) is 1. The van der Waals surface area contributed by atoms with Crippen molar-refractivity contribution < 1.29 is 14.3 Å². The molecule has 0 spiro atoms. The standard InChI is InChI=1S/C16H15Br2NO3/c1-2-21-14-5-3-4-6-15(14)22-10-16(20)19-13-9-11(17)7-8-12(13)18/h3-9H,2,10H2,1H3,(H,19,20). The predicted molar refractivity (Wildman–Crippen MR) is 93.6 cm³/mol. The minimum absolute atomic E-state index is 0.0942. The van der Waals surface area contributed by atoms with Crippen LogP contribution >= 0.6 is 31.9 Å². The summed E-state index contributed by atoms with van der Waals surface area (Å²) >= 11 is 6.76. The van der Waals surface area contributed by atoms with Crippen LogP contribution in [0.15, 0.2) is 51.4 Å². The summed E-state index contributed by atoms with van der Waals surface area (Å²) in [6.45, 7) is 2.34. The van der Waals surface area contributed by atoms with Gasteiger partial charge in [0.2, 0.25) is 0 Å². The Morgan fingerprint density at radius 3 is 2.45 bits per heavy atom. The monoisotopic (exact) mass is 427 g/mol. The van der Waals surface area contributed by atoms with Gasteiger partial charge in [-0.15, -0.1) is 0 Å². The number of carbonyl (C=O) groups excluding carboxylic acids is 1. The molecule has 0 aliphatic carbocycles. The Morgan fingerprint density at radius 2 is 1.77 bits per heavy atom. The van der Waals surface area contributed by atoms with E-state index in [0.29, 0.717) is 23.8 Å². The van der Waals surface area contributed by atoms with Gasteiger partial charge < -0.3 is 14.8 Å². The van der Waals surface area contributed by atoms with E-state index in [4.69, 9.17) is 9.47 Å². The highest BCUT2D eigenvalue weighted by Gasteiger charge is 2.09. The molecule has 0 radical (unpaired) electrons. The lowest BCUT2D eigenvalue weighted by molar-refractivity contribution is -0.118. The molecule has 0 fully saturated rings. The summed E-state index contributed by atoms with van der Waals surface area (Å²) in [5.41, 5.74) is 0.682. The Bertz CT molecular complexity index is 662. The third-order valence-electron chi connectivity index (χ3n) is 2.71. The Kier molecular flexibility index (Phi) is 6.27. The van der Waals surface area contributed by atoms with Gasteiger partial charge in [0.05, 0.1) is 12.3 Å². The first-order valence-electron chi connectivity index (χ1n) is 6.69. The SMILES string of the molecule is CCOc1ccccc1OCC(=O)Nc1cc(Br)ccc1Br. The second kappa shape index (κ2) is 8.19. The van der Waals surface area contributed by atoms with E-state index >= 15 is 0 Å². The summed E-state index contributed by atoms with van der Waals surface area (Å²) in [4.78, 5) is 12.0. The normalized spacial score (nSPS) is 10.1. The van der Waals surface area contributed by atoms with E-state index in [9.17, 15) is 4.79 Å². The van der Waals surface area contributed by atoms with E-state index in [1.807, 2.05) is 43.3 Å². The van der Waals surface area contributed by atoms with Crippen molar-refractivity contribution in [3.63, 3.8) is 0 Å². The second-order valence-electron chi connectivity index (χ2n) is 4.34. The zero-order chi connectivity index (χ0) is 15.9. The first kappa shape index (κ1) is 16.8. The Balaban J connectivity index is 1.97. The molecule has 0 aromatic heterocycles. The fourth-order valence-corrected chi connectivity index (χ4v) is 2.47. The molecule has 0 bridgehead atoms. The smallest absolute Gasteiger partial charge is 0.262 e. The number of amides is 1. The second-order valence-corrected chi connectivity index (χ2v) is 6.11. The van der Waals surface area contributed by atoms with Crippen molar-refractivity contribution in [2.75, 3.05) is 18.5 Å². The summed E-state index contributed by atoms with van der Waals surface area (Å²) in [6.07, 6.45) is 0. The van der Waals surface area contributed by atoms with Gasteiger partial charge in [0.15, 0.2) is 18.1 Å². The van der Waals surface area contributed by atoms with Crippen LogP contribution in [0.1, 0.15) is 6.92 Å². The Morgan fingerprint density at radius 1 is 1.09 bits per heavy atom. The van der Waals surface area contributed by atoms with Crippen molar-refractivity contribution in [2.24, 2.45) is 0 Å². The summed E-state index contributed by atoms with van der Waals surface area (Å²) in [5, 5.41) is 2.79. The van der Waals surface area contributed by atoms with E-state index in [0.717, 1.165) is 8.95 Å².